The van der Waals surface area contributed by atoms with Crippen LogP contribution in [0.15, 0.2) is 42.5 Å². The molecule has 14 heteroatoms. The molecule has 2 N–H and O–H groups in total. The van der Waals surface area contributed by atoms with Gasteiger partial charge in [0.15, 0.2) is 5.82 Å². The monoisotopic (exact) mass is 605 g/mol. The summed E-state index contributed by atoms with van der Waals surface area (Å²) in [5.41, 5.74) is 0.706. The van der Waals surface area contributed by atoms with E-state index in [-0.39, 0.29) is 52.7 Å². The molecule has 2 aromatic heterocycles. The topological polar surface area (TPSA) is 140 Å². The van der Waals surface area contributed by atoms with Gasteiger partial charge in [-0.1, -0.05) is 36.7 Å². The lowest BCUT2D eigenvalue weighted by Gasteiger charge is -2.19. The van der Waals surface area contributed by atoms with Crippen molar-refractivity contribution < 1.29 is 27.2 Å². The van der Waals surface area contributed by atoms with Gasteiger partial charge in [0.25, 0.3) is 11.8 Å². The zero-order valence-electron chi connectivity index (χ0n) is 21.7. The number of anilines is 1. The molecule has 2 heterocycles. The molecule has 2 amide bonds. The number of sulfone groups is 1. The molecule has 0 saturated carbocycles. The molecular formula is C26H25ClFN5O5S2. The molecule has 10 nitrogen and oxygen atoms in total. The van der Waals surface area contributed by atoms with Crippen LogP contribution in [0.1, 0.15) is 52.1 Å². The zero-order chi connectivity index (χ0) is 29.2. The average molecular weight is 606 g/mol. The van der Waals surface area contributed by atoms with E-state index >= 15 is 0 Å². The molecule has 0 fully saturated rings. The Bertz CT molecular complexity index is 1730. The third kappa shape index (κ3) is 6.54. The number of imidazole rings is 1. The number of Topliss-reactive ketones (excluding diaryl/α,β-unsaturated/α-hetero) is 1. The smallest absolute Gasteiger partial charge is 0.287 e. The number of halogens is 2. The number of carbonyl (C=O) groups excluding carboxylic acids is 3. The van der Waals surface area contributed by atoms with Gasteiger partial charge in [-0.2, -0.15) is 4.37 Å². The van der Waals surface area contributed by atoms with Gasteiger partial charge in [-0.3, -0.25) is 14.4 Å². The maximum atomic E-state index is 14.2. The van der Waals surface area contributed by atoms with Crippen LogP contribution >= 0.6 is 23.1 Å². The Morgan fingerprint density at radius 3 is 2.58 bits per heavy atom. The minimum Gasteiger partial charge on any atom is -0.348 e. The molecule has 210 valence electrons. The Morgan fingerprint density at radius 1 is 1.15 bits per heavy atom. The van der Waals surface area contributed by atoms with Gasteiger partial charge in [0, 0.05) is 29.1 Å². The van der Waals surface area contributed by atoms with Gasteiger partial charge in [-0.05, 0) is 48.3 Å². The summed E-state index contributed by atoms with van der Waals surface area (Å²) in [5.74, 6) is -3.59. The fraction of sp³-hybridized carbons (Fsp3) is 0.269. The Balaban J connectivity index is 1.83. The molecule has 4 rings (SSSR count). The summed E-state index contributed by atoms with van der Waals surface area (Å²) in [6.45, 7) is 2.49. The highest BCUT2D eigenvalue weighted by Crippen LogP contribution is 2.36. The van der Waals surface area contributed by atoms with Crippen molar-refractivity contribution in [2.75, 3.05) is 23.9 Å². The van der Waals surface area contributed by atoms with E-state index < -0.39 is 33.4 Å². The first-order chi connectivity index (χ1) is 18.9. The van der Waals surface area contributed by atoms with Crippen molar-refractivity contribution in [2.45, 2.75) is 26.3 Å². The predicted octanol–water partition coefficient (Wildman–Crippen LogP) is 4.05. The Labute approximate surface area is 238 Å². The summed E-state index contributed by atoms with van der Waals surface area (Å²) < 4.78 is 43.7. The minimum absolute atomic E-state index is 0.0515. The van der Waals surface area contributed by atoms with Crippen LogP contribution in [0.5, 0.6) is 0 Å². The molecule has 0 aliphatic heterocycles. The van der Waals surface area contributed by atoms with E-state index in [0.29, 0.717) is 10.9 Å². The molecule has 0 aliphatic rings. The average Bonchev–Trinajstić information content (AvgIpc) is 3.45. The summed E-state index contributed by atoms with van der Waals surface area (Å²) in [7, 11) is -3.36. The highest BCUT2D eigenvalue weighted by molar-refractivity contribution is 7.90. The number of nitrogens with one attached hydrogen (secondary N) is 2. The number of amides is 2. The predicted molar refractivity (Wildman–Crippen MR) is 151 cm³/mol. The zero-order valence-corrected chi connectivity index (χ0v) is 24.1. The van der Waals surface area contributed by atoms with Crippen LogP contribution in [0.25, 0.3) is 10.1 Å². The largest absolute Gasteiger partial charge is 0.348 e. The molecule has 0 aliphatic carbocycles. The van der Waals surface area contributed by atoms with Crippen molar-refractivity contribution in [3.05, 3.63) is 76.1 Å². The van der Waals surface area contributed by atoms with Crippen LogP contribution in [0.4, 0.5) is 10.2 Å². The van der Waals surface area contributed by atoms with Crippen molar-refractivity contribution in [1.82, 2.24) is 19.2 Å². The third-order valence-electron chi connectivity index (χ3n) is 6.01. The van der Waals surface area contributed by atoms with Crippen molar-refractivity contribution in [3.63, 3.8) is 0 Å². The van der Waals surface area contributed by atoms with Crippen LogP contribution in [0.3, 0.4) is 0 Å². The highest BCUT2D eigenvalue weighted by atomic mass is 35.5. The van der Waals surface area contributed by atoms with E-state index in [2.05, 4.69) is 20.0 Å². The summed E-state index contributed by atoms with van der Waals surface area (Å²) in [4.78, 5) is 43.2. The van der Waals surface area contributed by atoms with Crippen LogP contribution < -0.4 is 10.6 Å². The summed E-state index contributed by atoms with van der Waals surface area (Å²) in [6, 6.07) is 11.0. The van der Waals surface area contributed by atoms with Crippen LogP contribution in [0, 0.1) is 5.82 Å². The second-order valence-corrected chi connectivity index (χ2v) is 12.7. The Hall–Kier alpha value is -3.68. The van der Waals surface area contributed by atoms with Crippen molar-refractivity contribution >= 4 is 66.5 Å². The van der Waals surface area contributed by atoms with Crippen molar-refractivity contribution in [1.29, 1.82) is 0 Å². The molecule has 0 unspecified atom stereocenters. The number of aromatic nitrogens is 3. The van der Waals surface area contributed by atoms with Gasteiger partial charge in [-0.15, -0.1) is 0 Å². The van der Waals surface area contributed by atoms with Crippen LogP contribution in [0.2, 0.25) is 5.02 Å². The van der Waals surface area contributed by atoms with E-state index in [1.165, 1.54) is 29.7 Å². The van der Waals surface area contributed by atoms with E-state index in [9.17, 15) is 27.2 Å². The van der Waals surface area contributed by atoms with Gasteiger partial charge in [0.05, 0.1) is 22.7 Å². The van der Waals surface area contributed by atoms with Crippen molar-refractivity contribution in [3.8, 4) is 0 Å². The molecular weight excluding hydrogens is 581 g/mol. The van der Waals surface area contributed by atoms with Gasteiger partial charge in [0.2, 0.25) is 5.82 Å². The molecule has 0 radical (unpaired) electrons. The second-order valence-electron chi connectivity index (χ2n) is 9.21. The third-order valence-corrected chi connectivity index (χ3v) is 8.12. The maximum Gasteiger partial charge on any atom is 0.287 e. The number of rotatable bonds is 10. The quantitative estimate of drug-likeness (QED) is 0.278. The number of fused-ring (bicyclic) bond motifs is 1. The van der Waals surface area contributed by atoms with Crippen LogP contribution in [-0.2, 0) is 21.2 Å². The lowest BCUT2D eigenvalue weighted by atomic mass is 9.96. The second kappa shape index (κ2) is 11.8. The summed E-state index contributed by atoms with van der Waals surface area (Å²) >= 11 is 7.53. The van der Waals surface area contributed by atoms with Gasteiger partial charge in [0.1, 0.15) is 27.1 Å². The number of nitrogens with zero attached hydrogens (tertiary/aromatic N) is 3. The Kier molecular flexibility index (Phi) is 8.66. The number of hydrogen-bond donors (Lipinski definition) is 2. The fourth-order valence-corrected chi connectivity index (χ4v) is 5.72. The lowest BCUT2D eigenvalue weighted by molar-refractivity contribution is -0.117. The van der Waals surface area contributed by atoms with E-state index in [4.69, 9.17) is 11.6 Å². The first-order valence-corrected chi connectivity index (χ1v) is 15.2. The normalized spacial score (nSPS) is 12.3. The first-order valence-electron chi connectivity index (χ1n) is 12.0. The molecule has 0 saturated heterocycles. The maximum absolute atomic E-state index is 14.2. The summed E-state index contributed by atoms with van der Waals surface area (Å²) in [6.07, 6.45) is 1.04. The molecule has 4 aromatic rings. The number of ketones is 1. The fourth-order valence-electron chi connectivity index (χ4n) is 4.19. The van der Waals surface area contributed by atoms with Crippen molar-refractivity contribution in [2.24, 2.45) is 0 Å². The van der Waals surface area contributed by atoms with Gasteiger partial charge < -0.3 is 15.2 Å². The minimum atomic E-state index is -3.36. The molecule has 40 heavy (non-hydrogen) atoms. The first kappa shape index (κ1) is 29.3. The highest BCUT2D eigenvalue weighted by Gasteiger charge is 2.30. The number of carbonyl (C=O) groups is 3. The molecule has 2 aromatic carbocycles. The Morgan fingerprint density at radius 2 is 1.88 bits per heavy atom. The molecule has 0 spiro atoms. The lowest BCUT2D eigenvalue weighted by Crippen LogP contribution is -2.32. The van der Waals surface area contributed by atoms with Gasteiger partial charge >= 0.3 is 0 Å². The standard InChI is InChI=1S/C26H25ClFN5O5S2/c1-14(34)13-33-22(15(2)18-12-16(28)8-9-19(18)27)23(30-24(33)26(36)29-10-11-40(3,37)38)31-25(35)21-17-6-4-5-7-20(17)39-32-21/h4-9,12,15H,10-11,13H2,1-3H3,(H,29,36)(H,31,35)/t15-/m0/s1. The van der Waals surface area contributed by atoms with E-state index in [0.717, 1.165) is 22.5 Å². The number of benzene rings is 2. The van der Waals surface area contributed by atoms with E-state index in [1.54, 1.807) is 19.1 Å². The van der Waals surface area contributed by atoms with Gasteiger partial charge in [-0.25, -0.2) is 17.8 Å². The van der Waals surface area contributed by atoms with E-state index in [1.807, 2.05) is 12.1 Å². The summed E-state index contributed by atoms with van der Waals surface area (Å²) in [5, 5.41) is 6.05. The van der Waals surface area contributed by atoms with Crippen LogP contribution in [-0.4, -0.2) is 58.5 Å². The SMILES string of the molecule is CC(=O)Cn1c(C(=O)NCCS(C)(=O)=O)nc(NC(=O)c2nsc3ccccc23)c1[C@@H](C)c1cc(F)ccc1Cl. The number of hydrogen-bond acceptors (Lipinski definition) is 8. The molecule has 1 atom stereocenters. The molecule has 0 bridgehead atoms.